The second-order valence-electron chi connectivity index (χ2n) is 7.46. The Kier molecular flexibility index (Phi) is 7.77. The minimum Gasteiger partial charge on any atom is -0.493 e. The molecule has 160 valence electrons. The molecule has 0 unspecified atom stereocenters. The number of aromatic nitrogens is 1. The first-order valence-electron chi connectivity index (χ1n) is 10.8. The normalized spacial score (nSPS) is 11.0. The number of aliphatic carboxylic acids is 1. The fourth-order valence-corrected chi connectivity index (χ4v) is 3.76. The van der Waals surface area contributed by atoms with Crippen LogP contribution in [0.2, 0.25) is 0 Å². The maximum Gasteiger partial charge on any atom is 0.303 e. The van der Waals surface area contributed by atoms with E-state index in [-0.39, 0.29) is 6.42 Å². The number of hydrogen-bond donors (Lipinski definition) is 2. The van der Waals surface area contributed by atoms with Crippen molar-refractivity contribution in [3.63, 3.8) is 0 Å². The highest BCUT2D eigenvalue weighted by atomic mass is 16.5. The Morgan fingerprint density at radius 1 is 1.00 bits per heavy atom. The molecule has 0 aliphatic rings. The van der Waals surface area contributed by atoms with Crippen LogP contribution in [0.4, 0.5) is 0 Å². The van der Waals surface area contributed by atoms with E-state index in [1.807, 2.05) is 30.5 Å². The topological polar surface area (TPSA) is 71.6 Å². The molecule has 0 amide bonds. The number of rotatable bonds is 12. The second kappa shape index (κ2) is 10.7. The molecule has 30 heavy (non-hydrogen) atoms. The average molecular weight is 410 g/mol. The Morgan fingerprint density at radius 2 is 1.83 bits per heavy atom. The molecule has 2 aromatic carbocycles. The quantitative estimate of drug-likeness (QED) is 0.385. The highest BCUT2D eigenvalue weighted by Crippen LogP contribution is 2.29. The van der Waals surface area contributed by atoms with Crippen LogP contribution in [0, 0.1) is 0 Å². The zero-order valence-corrected chi connectivity index (χ0v) is 17.9. The molecule has 5 nitrogen and oxygen atoms in total. The summed E-state index contributed by atoms with van der Waals surface area (Å²) in [5.41, 5.74) is 4.64. The van der Waals surface area contributed by atoms with Crippen molar-refractivity contribution in [2.75, 3.05) is 13.2 Å². The lowest BCUT2D eigenvalue weighted by Crippen LogP contribution is -2.07. The van der Waals surface area contributed by atoms with Gasteiger partial charge in [-0.2, -0.15) is 0 Å². The summed E-state index contributed by atoms with van der Waals surface area (Å²) >= 11 is 0. The van der Waals surface area contributed by atoms with Crippen molar-refractivity contribution in [3.8, 4) is 11.5 Å². The fourth-order valence-electron chi connectivity index (χ4n) is 3.76. The molecule has 0 atom stereocenters. The highest BCUT2D eigenvalue weighted by molar-refractivity contribution is 5.85. The van der Waals surface area contributed by atoms with E-state index in [0.717, 1.165) is 53.8 Å². The third-order valence-electron chi connectivity index (χ3n) is 5.28. The molecule has 0 radical (unpaired) electrons. The van der Waals surface area contributed by atoms with Crippen LogP contribution in [0.15, 0.2) is 42.6 Å². The molecule has 3 aromatic rings. The van der Waals surface area contributed by atoms with Crippen LogP contribution in [-0.2, 0) is 24.1 Å². The molecule has 0 spiro atoms. The van der Waals surface area contributed by atoms with Gasteiger partial charge in [0.25, 0.3) is 0 Å². The third-order valence-corrected chi connectivity index (χ3v) is 5.28. The number of carboxylic acids is 1. The van der Waals surface area contributed by atoms with Crippen molar-refractivity contribution < 1.29 is 19.4 Å². The number of H-pyrrole nitrogens is 1. The van der Waals surface area contributed by atoms with Gasteiger partial charge >= 0.3 is 5.97 Å². The molecule has 3 rings (SSSR count). The van der Waals surface area contributed by atoms with E-state index >= 15 is 0 Å². The molecule has 1 heterocycles. The smallest absolute Gasteiger partial charge is 0.303 e. The second-order valence-corrected chi connectivity index (χ2v) is 7.46. The molecular weight excluding hydrogens is 378 g/mol. The van der Waals surface area contributed by atoms with Crippen LogP contribution in [0.25, 0.3) is 10.9 Å². The number of carboxylic acid groups (broad SMARTS) is 1. The lowest BCUT2D eigenvalue weighted by molar-refractivity contribution is -0.136. The predicted octanol–water partition coefficient (Wildman–Crippen LogP) is 5.55. The van der Waals surface area contributed by atoms with Crippen LogP contribution in [0.3, 0.4) is 0 Å². The SMILES string of the molecule is CCCc1c(OCCCOc2ccc(CCC(=O)O)c(CC)c2)ccc2[nH]ccc12. The monoisotopic (exact) mass is 409 g/mol. The molecule has 0 fully saturated rings. The maximum absolute atomic E-state index is 10.8. The zero-order valence-electron chi connectivity index (χ0n) is 17.9. The maximum atomic E-state index is 10.8. The van der Waals surface area contributed by atoms with Gasteiger partial charge in [-0.15, -0.1) is 0 Å². The van der Waals surface area contributed by atoms with Crippen LogP contribution >= 0.6 is 0 Å². The van der Waals surface area contributed by atoms with E-state index in [9.17, 15) is 4.79 Å². The van der Waals surface area contributed by atoms with E-state index in [1.54, 1.807) is 0 Å². The number of benzene rings is 2. The molecular formula is C25H31NO4. The first-order chi connectivity index (χ1) is 14.6. The summed E-state index contributed by atoms with van der Waals surface area (Å²) in [6.45, 7) is 5.43. The van der Waals surface area contributed by atoms with Crippen molar-refractivity contribution in [2.45, 2.75) is 52.4 Å². The Bertz CT molecular complexity index is 976. The van der Waals surface area contributed by atoms with Gasteiger partial charge in [-0.25, -0.2) is 0 Å². The van der Waals surface area contributed by atoms with Crippen molar-refractivity contribution in [1.29, 1.82) is 0 Å². The molecule has 0 aliphatic carbocycles. The molecule has 0 saturated carbocycles. The number of carbonyl (C=O) groups is 1. The van der Waals surface area contributed by atoms with Crippen LogP contribution < -0.4 is 9.47 Å². The summed E-state index contributed by atoms with van der Waals surface area (Å²) < 4.78 is 12.0. The number of nitrogens with one attached hydrogen (secondary N) is 1. The molecule has 1 aromatic heterocycles. The van der Waals surface area contributed by atoms with Gasteiger partial charge < -0.3 is 19.6 Å². The average Bonchev–Trinajstić information content (AvgIpc) is 3.22. The molecule has 2 N–H and O–H groups in total. The molecule has 0 aliphatic heterocycles. The van der Waals surface area contributed by atoms with Crippen molar-refractivity contribution in [1.82, 2.24) is 4.98 Å². The van der Waals surface area contributed by atoms with Crippen LogP contribution in [0.1, 0.15) is 49.8 Å². The number of hydrogen-bond acceptors (Lipinski definition) is 3. The van der Waals surface area contributed by atoms with Gasteiger partial charge in [0.1, 0.15) is 11.5 Å². The van der Waals surface area contributed by atoms with E-state index in [0.29, 0.717) is 19.6 Å². The summed E-state index contributed by atoms with van der Waals surface area (Å²) in [5, 5.41) is 10.1. The van der Waals surface area contributed by atoms with E-state index < -0.39 is 5.97 Å². The number of fused-ring (bicyclic) bond motifs is 1. The zero-order chi connectivity index (χ0) is 21.3. The fraction of sp³-hybridized carbons (Fsp3) is 0.400. The molecule has 0 bridgehead atoms. The van der Waals surface area contributed by atoms with Crippen molar-refractivity contribution in [3.05, 3.63) is 59.3 Å². The third kappa shape index (κ3) is 5.56. The minimum absolute atomic E-state index is 0.152. The van der Waals surface area contributed by atoms with Gasteiger partial charge in [-0.1, -0.05) is 26.3 Å². The van der Waals surface area contributed by atoms with Crippen LogP contribution in [0.5, 0.6) is 11.5 Å². The van der Waals surface area contributed by atoms with E-state index in [4.69, 9.17) is 14.6 Å². The van der Waals surface area contributed by atoms with Crippen molar-refractivity contribution >= 4 is 16.9 Å². The number of ether oxygens (including phenoxy) is 2. The van der Waals surface area contributed by atoms with Crippen molar-refractivity contribution in [2.24, 2.45) is 0 Å². The Labute approximate surface area is 178 Å². The van der Waals surface area contributed by atoms with Gasteiger partial charge in [0, 0.05) is 35.5 Å². The summed E-state index contributed by atoms with van der Waals surface area (Å²) in [7, 11) is 0. The molecule has 0 saturated heterocycles. The summed E-state index contributed by atoms with van der Waals surface area (Å²) in [5.74, 6) is 1.02. The van der Waals surface area contributed by atoms with Gasteiger partial charge in [0.2, 0.25) is 0 Å². The standard InChI is InChI=1S/C25H31NO4/c1-3-6-22-21-13-14-26-23(21)10-11-24(22)30-16-5-15-29-20-9-7-19(8-12-25(27)28)18(4-2)17-20/h7,9-11,13-14,17,26H,3-6,8,12,15-16H2,1-2H3,(H,27,28). The van der Waals surface area contributed by atoms with Gasteiger partial charge in [-0.05, 0) is 60.7 Å². The first kappa shape index (κ1) is 21.8. The van der Waals surface area contributed by atoms with E-state index in [2.05, 4.69) is 31.0 Å². The summed E-state index contributed by atoms with van der Waals surface area (Å²) in [6.07, 6.45) is 6.40. The Balaban J connectivity index is 1.51. The number of aromatic amines is 1. The Morgan fingerprint density at radius 3 is 2.60 bits per heavy atom. The first-order valence-corrected chi connectivity index (χ1v) is 10.8. The largest absolute Gasteiger partial charge is 0.493 e. The van der Waals surface area contributed by atoms with E-state index in [1.165, 1.54) is 10.9 Å². The summed E-state index contributed by atoms with van der Waals surface area (Å²) in [6, 6.07) is 12.2. The predicted molar refractivity (Wildman–Crippen MR) is 120 cm³/mol. The summed E-state index contributed by atoms with van der Waals surface area (Å²) in [4.78, 5) is 14.1. The molecule has 5 heteroatoms. The highest BCUT2D eigenvalue weighted by Gasteiger charge is 2.09. The lowest BCUT2D eigenvalue weighted by Gasteiger charge is -2.14. The Hall–Kier alpha value is -2.95. The minimum atomic E-state index is -0.768. The lowest BCUT2D eigenvalue weighted by atomic mass is 10.0. The number of aryl methyl sites for hydroxylation is 3. The van der Waals surface area contributed by atoms with Crippen LogP contribution in [-0.4, -0.2) is 29.3 Å². The van der Waals surface area contributed by atoms with Gasteiger partial charge in [0.05, 0.1) is 13.2 Å². The van der Waals surface area contributed by atoms with Gasteiger partial charge in [0.15, 0.2) is 0 Å². The van der Waals surface area contributed by atoms with Gasteiger partial charge in [-0.3, -0.25) is 4.79 Å².